The molecule has 9 nitrogen and oxygen atoms in total. The molecule has 1 saturated heterocycles. The predicted molar refractivity (Wildman–Crippen MR) is 162 cm³/mol. The Morgan fingerprint density at radius 3 is 2.88 bits per heavy atom. The third-order valence-electron chi connectivity index (χ3n) is 8.39. The second-order valence-electron chi connectivity index (χ2n) is 11.4. The lowest BCUT2D eigenvalue weighted by Gasteiger charge is -2.30. The van der Waals surface area contributed by atoms with Crippen LogP contribution in [0.2, 0.25) is 5.02 Å². The number of carbonyl (C=O) groups is 3. The van der Waals surface area contributed by atoms with Crippen LogP contribution in [-0.4, -0.2) is 63.0 Å². The SMILES string of the molecule is O=C1N[C@]2(C(=O)O)C[C@H]2/C=C\CCCCC[C@H](Nc2cccc(F)c2)C(=O)N2C[C@H](Oc3nc4ccc(Cl)cc4s3)C[C@@H]12. The minimum atomic E-state index is -1.40. The van der Waals surface area contributed by atoms with Gasteiger partial charge in [-0.05, 0) is 62.1 Å². The van der Waals surface area contributed by atoms with E-state index in [4.69, 9.17) is 16.3 Å². The minimum absolute atomic E-state index is 0.109. The number of fused-ring (bicyclic) bond motifs is 3. The molecular weight excluding hydrogens is 595 g/mol. The van der Waals surface area contributed by atoms with Crippen LogP contribution in [0.5, 0.6) is 5.19 Å². The zero-order chi connectivity index (χ0) is 30.1. The molecule has 0 unspecified atom stereocenters. The van der Waals surface area contributed by atoms with Crippen molar-refractivity contribution in [2.24, 2.45) is 5.92 Å². The molecule has 0 bridgehead atoms. The Morgan fingerprint density at radius 2 is 2.07 bits per heavy atom. The second-order valence-corrected chi connectivity index (χ2v) is 12.9. The monoisotopic (exact) mass is 626 g/mol. The number of carbonyl (C=O) groups excluding carboxylic acids is 2. The number of benzene rings is 2. The maximum absolute atomic E-state index is 14.2. The molecule has 5 atom stereocenters. The number of aliphatic carboxylic acids is 1. The molecule has 1 saturated carbocycles. The van der Waals surface area contributed by atoms with Gasteiger partial charge in [-0.2, -0.15) is 0 Å². The molecule has 43 heavy (non-hydrogen) atoms. The average Bonchev–Trinajstić information content (AvgIpc) is 3.29. The van der Waals surface area contributed by atoms with Crippen molar-refractivity contribution >= 4 is 56.6 Å². The summed E-state index contributed by atoms with van der Waals surface area (Å²) < 4.78 is 21.1. The number of anilines is 1. The Hall–Kier alpha value is -3.70. The molecule has 3 heterocycles. The molecule has 2 aromatic carbocycles. The lowest BCUT2D eigenvalue weighted by atomic mass is 10.0. The number of allylic oxidation sites excluding steroid dienone is 1. The van der Waals surface area contributed by atoms with Gasteiger partial charge in [0.05, 0.1) is 16.8 Å². The zero-order valence-corrected chi connectivity index (χ0v) is 24.9. The van der Waals surface area contributed by atoms with Gasteiger partial charge in [-0.15, -0.1) is 0 Å². The van der Waals surface area contributed by atoms with Gasteiger partial charge in [-0.1, -0.05) is 54.0 Å². The Morgan fingerprint density at radius 1 is 1.21 bits per heavy atom. The third-order valence-corrected chi connectivity index (χ3v) is 9.53. The lowest BCUT2D eigenvalue weighted by molar-refractivity contribution is -0.145. The molecule has 2 fully saturated rings. The highest BCUT2D eigenvalue weighted by molar-refractivity contribution is 7.20. The van der Waals surface area contributed by atoms with Crippen LogP contribution in [0.1, 0.15) is 44.9 Å². The molecule has 3 aromatic rings. The van der Waals surface area contributed by atoms with Crippen molar-refractivity contribution in [2.75, 3.05) is 11.9 Å². The van der Waals surface area contributed by atoms with Gasteiger partial charge in [0.15, 0.2) is 0 Å². The molecule has 12 heteroatoms. The van der Waals surface area contributed by atoms with E-state index in [1.807, 2.05) is 12.2 Å². The van der Waals surface area contributed by atoms with Crippen LogP contribution < -0.4 is 15.4 Å². The Labute approximate surface area is 257 Å². The van der Waals surface area contributed by atoms with Gasteiger partial charge in [0, 0.05) is 23.0 Å². The summed E-state index contributed by atoms with van der Waals surface area (Å²) in [6.07, 6.45) is 7.51. The molecule has 0 spiro atoms. The number of hydrogen-bond acceptors (Lipinski definition) is 7. The van der Waals surface area contributed by atoms with Gasteiger partial charge in [0.2, 0.25) is 11.8 Å². The highest BCUT2D eigenvalue weighted by Crippen LogP contribution is 2.45. The topological polar surface area (TPSA) is 121 Å². The number of nitrogens with zero attached hydrogens (tertiary/aromatic N) is 2. The summed E-state index contributed by atoms with van der Waals surface area (Å²) in [5, 5.41) is 17.0. The normalized spacial score (nSPS) is 28.7. The molecule has 1 aromatic heterocycles. The summed E-state index contributed by atoms with van der Waals surface area (Å²) >= 11 is 7.45. The highest BCUT2D eigenvalue weighted by Gasteiger charge is 2.61. The molecule has 226 valence electrons. The fourth-order valence-electron chi connectivity index (χ4n) is 6.00. The van der Waals surface area contributed by atoms with Gasteiger partial charge in [0.1, 0.15) is 29.5 Å². The first-order valence-corrected chi connectivity index (χ1v) is 15.7. The predicted octanol–water partition coefficient (Wildman–Crippen LogP) is 5.40. The smallest absolute Gasteiger partial charge is 0.330 e. The number of carboxylic acids is 1. The molecule has 6 rings (SSSR count). The van der Waals surface area contributed by atoms with E-state index in [-0.39, 0.29) is 24.8 Å². The summed E-state index contributed by atoms with van der Waals surface area (Å²) in [4.78, 5) is 46.2. The second kappa shape index (κ2) is 12.1. The van der Waals surface area contributed by atoms with Gasteiger partial charge in [-0.3, -0.25) is 9.59 Å². The summed E-state index contributed by atoms with van der Waals surface area (Å²) in [5.74, 6) is -2.69. The van der Waals surface area contributed by atoms with Crippen molar-refractivity contribution in [1.82, 2.24) is 15.2 Å². The fourth-order valence-corrected chi connectivity index (χ4v) is 7.15. The van der Waals surface area contributed by atoms with Gasteiger partial charge >= 0.3 is 5.97 Å². The highest BCUT2D eigenvalue weighted by atomic mass is 35.5. The fraction of sp³-hybridized carbons (Fsp3) is 0.419. The van der Waals surface area contributed by atoms with Crippen LogP contribution in [0.3, 0.4) is 0 Å². The number of hydrogen-bond donors (Lipinski definition) is 3. The Kier molecular flexibility index (Phi) is 8.28. The number of halogens is 2. The number of amides is 2. The molecule has 3 N–H and O–H groups in total. The van der Waals surface area contributed by atoms with Crippen LogP contribution >= 0.6 is 22.9 Å². The van der Waals surface area contributed by atoms with Gasteiger partial charge in [0.25, 0.3) is 5.19 Å². The third kappa shape index (κ3) is 6.33. The van der Waals surface area contributed by atoms with E-state index in [2.05, 4.69) is 15.6 Å². The minimum Gasteiger partial charge on any atom is -0.479 e. The maximum Gasteiger partial charge on any atom is 0.330 e. The van der Waals surface area contributed by atoms with Crippen LogP contribution in [0.25, 0.3) is 10.2 Å². The van der Waals surface area contributed by atoms with Gasteiger partial charge < -0.3 is 25.4 Å². The summed E-state index contributed by atoms with van der Waals surface area (Å²) in [5.41, 5.74) is -0.208. The standard InChI is InChI=1S/C31H32ClFN4O5S/c32-19-11-12-23-26(13-19)43-30(35-23)42-22-15-25-27(38)36-31(29(40)41)16-18(31)7-4-2-1-3-5-10-24(28(39)37(25)17-22)34-21-9-6-8-20(33)14-21/h4,6-9,11-14,18,22,24-25,34H,1-3,5,10,15-17H2,(H,36,38)(H,40,41)/b7-4-/t18-,22-,24+,25+,31-/m1/s1. The molecule has 2 amide bonds. The number of aromatic nitrogens is 1. The van der Waals surface area contributed by atoms with E-state index in [9.17, 15) is 23.9 Å². The summed E-state index contributed by atoms with van der Waals surface area (Å²) in [6, 6.07) is 9.59. The Balaban J connectivity index is 1.29. The van der Waals surface area contributed by atoms with Crippen LogP contribution in [-0.2, 0) is 14.4 Å². The quantitative estimate of drug-likeness (QED) is 0.325. The summed E-state index contributed by atoms with van der Waals surface area (Å²) in [7, 11) is 0. The van der Waals surface area contributed by atoms with Crippen LogP contribution in [0, 0.1) is 11.7 Å². The first-order chi connectivity index (χ1) is 20.7. The van der Waals surface area contributed by atoms with Gasteiger partial charge in [-0.25, -0.2) is 14.2 Å². The van der Waals surface area contributed by atoms with E-state index in [0.29, 0.717) is 28.7 Å². The van der Waals surface area contributed by atoms with E-state index in [1.165, 1.54) is 28.4 Å². The largest absolute Gasteiger partial charge is 0.479 e. The molecule has 0 radical (unpaired) electrons. The molecular formula is C31H32ClFN4O5S. The Bertz CT molecular complexity index is 1580. The average molecular weight is 627 g/mol. The van der Waals surface area contributed by atoms with E-state index in [1.54, 1.807) is 30.3 Å². The van der Waals surface area contributed by atoms with E-state index < -0.39 is 41.4 Å². The van der Waals surface area contributed by atoms with Crippen molar-refractivity contribution in [3.63, 3.8) is 0 Å². The van der Waals surface area contributed by atoms with Crippen molar-refractivity contribution < 1.29 is 28.6 Å². The molecule has 2 aliphatic heterocycles. The first-order valence-electron chi connectivity index (χ1n) is 14.5. The lowest BCUT2D eigenvalue weighted by Crippen LogP contribution is -2.55. The molecule has 1 aliphatic carbocycles. The summed E-state index contributed by atoms with van der Waals surface area (Å²) in [6.45, 7) is 0.109. The van der Waals surface area contributed by atoms with Crippen molar-refractivity contribution in [3.05, 3.63) is 65.5 Å². The zero-order valence-electron chi connectivity index (χ0n) is 23.3. The first kappa shape index (κ1) is 29.4. The number of rotatable bonds is 5. The maximum atomic E-state index is 14.2. The number of ether oxygens (including phenoxy) is 1. The van der Waals surface area contributed by atoms with E-state index >= 15 is 0 Å². The van der Waals surface area contributed by atoms with Crippen molar-refractivity contribution in [2.45, 2.75) is 68.7 Å². The van der Waals surface area contributed by atoms with Crippen LogP contribution in [0.15, 0.2) is 54.6 Å². The van der Waals surface area contributed by atoms with Crippen molar-refractivity contribution in [3.8, 4) is 5.19 Å². The van der Waals surface area contributed by atoms with Crippen molar-refractivity contribution in [1.29, 1.82) is 0 Å². The van der Waals surface area contributed by atoms with E-state index in [0.717, 1.165) is 35.9 Å². The number of thiazole rings is 1. The van der Waals surface area contributed by atoms with Crippen LogP contribution in [0.4, 0.5) is 10.1 Å². The number of nitrogens with one attached hydrogen (secondary N) is 2. The number of carboxylic acid groups (broad SMARTS) is 1. The molecule has 3 aliphatic rings.